The number of aliphatic carboxylic acids is 1. The van der Waals surface area contributed by atoms with E-state index in [1.165, 1.54) is 0 Å². The first-order valence-electron chi connectivity index (χ1n) is 4.93. The van der Waals surface area contributed by atoms with Crippen molar-refractivity contribution in [1.82, 2.24) is 4.90 Å². The van der Waals surface area contributed by atoms with E-state index >= 15 is 0 Å². The number of carbonyl (C=O) groups is 1. The number of carboxylic acids is 1. The molecule has 0 saturated carbocycles. The Morgan fingerprint density at radius 2 is 2.00 bits per heavy atom. The minimum Gasteiger partial charge on any atom is -0.480 e. The maximum Gasteiger partial charge on any atom is 0.320 e. The van der Waals surface area contributed by atoms with Gasteiger partial charge in [0.1, 0.15) is 6.04 Å². The summed E-state index contributed by atoms with van der Waals surface area (Å²) in [6.07, 6.45) is 1.44. The second kappa shape index (κ2) is 5.32. The number of aliphatic hydroxyl groups is 1. The van der Waals surface area contributed by atoms with Crippen LogP contribution in [0.25, 0.3) is 0 Å². The van der Waals surface area contributed by atoms with Gasteiger partial charge in [0.05, 0.1) is 5.60 Å². The van der Waals surface area contributed by atoms with E-state index < -0.39 is 17.6 Å². The van der Waals surface area contributed by atoms with Crippen molar-refractivity contribution < 1.29 is 15.0 Å². The highest BCUT2D eigenvalue weighted by molar-refractivity contribution is 5.73. The van der Waals surface area contributed by atoms with Crippen molar-refractivity contribution in [2.75, 3.05) is 13.6 Å². The molecule has 0 rings (SSSR count). The Labute approximate surface area is 85.5 Å². The molecule has 84 valence electrons. The van der Waals surface area contributed by atoms with Gasteiger partial charge in [0, 0.05) is 6.54 Å². The molecule has 0 fully saturated rings. The van der Waals surface area contributed by atoms with Gasteiger partial charge in [0.25, 0.3) is 0 Å². The molecule has 0 aliphatic rings. The molecule has 0 amide bonds. The summed E-state index contributed by atoms with van der Waals surface area (Å²) in [5.41, 5.74) is -0.851. The quantitative estimate of drug-likeness (QED) is 0.674. The lowest BCUT2D eigenvalue weighted by Crippen LogP contribution is -2.45. The molecule has 0 aliphatic heterocycles. The molecule has 1 atom stereocenters. The topological polar surface area (TPSA) is 60.8 Å². The van der Waals surface area contributed by atoms with Crippen LogP contribution in [-0.4, -0.2) is 46.3 Å². The third kappa shape index (κ3) is 5.19. The van der Waals surface area contributed by atoms with Gasteiger partial charge in [0.15, 0.2) is 0 Å². The van der Waals surface area contributed by atoms with Crippen LogP contribution >= 0.6 is 0 Å². The first-order chi connectivity index (χ1) is 6.28. The lowest BCUT2D eigenvalue weighted by Gasteiger charge is -2.29. The van der Waals surface area contributed by atoms with Crippen molar-refractivity contribution in [3.05, 3.63) is 0 Å². The van der Waals surface area contributed by atoms with Crippen LogP contribution in [-0.2, 0) is 4.79 Å². The summed E-state index contributed by atoms with van der Waals surface area (Å²) >= 11 is 0. The highest BCUT2D eigenvalue weighted by Gasteiger charge is 2.25. The Morgan fingerprint density at radius 1 is 1.50 bits per heavy atom. The van der Waals surface area contributed by atoms with Crippen molar-refractivity contribution in [2.45, 2.75) is 45.3 Å². The van der Waals surface area contributed by atoms with Crippen molar-refractivity contribution in [3.63, 3.8) is 0 Å². The predicted octanol–water partition coefficient (Wildman–Crippen LogP) is 0.942. The summed E-state index contributed by atoms with van der Waals surface area (Å²) in [5, 5.41) is 18.5. The summed E-state index contributed by atoms with van der Waals surface area (Å²) in [6.45, 7) is 5.67. The molecule has 14 heavy (non-hydrogen) atoms. The molecule has 0 bridgehead atoms. The van der Waals surface area contributed by atoms with Gasteiger partial charge in [-0.25, -0.2) is 0 Å². The Hall–Kier alpha value is -0.610. The zero-order valence-electron chi connectivity index (χ0n) is 9.45. The zero-order chi connectivity index (χ0) is 11.4. The average Bonchev–Trinajstić information content (AvgIpc) is 1.95. The van der Waals surface area contributed by atoms with Crippen LogP contribution in [0.2, 0.25) is 0 Å². The number of likely N-dealkylation sites (N-methyl/N-ethyl adjacent to an activating group) is 1. The van der Waals surface area contributed by atoms with E-state index in [1.54, 1.807) is 25.8 Å². The molecule has 2 N–H and O–H groups in total. The minimum atomic E-state index is -0.851. The van der Waals surface area contributed by atoms with Crippen LogP contribution in [0.3, 0.4) is 0 Å². The average molecular weight is 203 g/mol. The van der Waals surface area contributed by atoms with E-state index in [0.717, 1.165) is 6.42 Å². The molecule has 0 aromatic heterocycles. The van der Waals surface area contributed by atoms with Crippen molar-refractivity contribution in [1.29, 1.82) is 0 Å². The van der Waals surface area contributed by atoms with E-state index in [4.69, 9.17) is 5.11 Å². The number of nitrogens with zero attached hydrogens (tertiary/aromatic N) is 1. The molecule has 0 aliphatic carbocycles. The van der Waals surface area contributed by atoms with Crippen LogP contribution in [0.1, 0.15) is 33.6 Å². The molecular formula is C10H21NO3. The largest absolute Gasteiger partial charge is 0.480 e. The van der Waals surface area contributed by atoms with Crippen LogP contribution in [0.4, 0.5) is 0 Å². The third-order valence-electron chi connectivity index (χ3n) is 2.02. The minimum absolute atomic E-state index is 0.365. The van der Waals surface area contributed by atoms with Gasteiger partial charge in [-0.3, -0.25) is 9.69 Å². The van der Waals surface area contributed by atoms with Crippen molar-refractivity contribution in [3.8, 4) is 0 Å². The van der Waals surface area contributed by atoms with E-state index in [2.05, 4.69) is 0 Å². The van der Waals surface area contributed by atoms with Gasteiger partial charge >= 0.3 is 5.97 Å². The van der Waals surface area contributed by atoms with Gasteiger partial charge in [-0.2, -0.15) is 0 Å². The lowest BCUT2D eigenvalue weighted by atomic mass is 10.1. The number of hydrogen-bond donors (Lipinski definition) is 2. The first kappa shape index (κ1) is 13.4. The second-order valence-corrected chi connectivity index (χ2v) is 4.37. The SMILES string of the molecule is CCCC(C(=O)O)N(C)CC(C)(C)O. The molecule has 0 heterocycles. The Balaban J connectivity index is 4.29. The summed E-state index contributed by atoms with van der Waals surface area (Å²) in [5.74, 6) is -0.821. The summed E-state index contributed by atoms with van der Waals surface area (Å²) in [6, 6.07) is -0.494. The third-order valence-corrected chi connectivity index (χ3v) is 2.02. The van der Waals surface area contributed by atoms with Crippen LogP contribution < -0.4 is 0 Å². The maximum atomic E-state index is 10.9. The predicted molar refractivity (Wildman–Crippen MR) is 55.3 cm³/mol. The summed E-state index contributed by atoms with van der Waals surface area (Å²) in [4.78, 5) is 12.6. The normalized spacial score (nSPS) is 14.4. The van der Waals surface area contributed by atoms with Gasteiger partial charge < -0.3 is 10.2 Å². The Morgan fingerprint density at radius 3 is 2.29 bits per heavy atom. The van der Waals surface area contributed by atoms with E-state index in [-0.39, 0.29) is 0 Å². The van der Waals surface area contributed by atoms with E-state index in [0.29, 0.717) is 13.0 Å². The van der Waals surface area contributed by atoms with E-state index in [1.807, 2.05) is 6.92 Å². The standard InChI is InChI=1S/C10H21NO3/c1-5-6-8(9(12)13)11(4)7-10(2,3)14/h8,14H,5-7H2,1-4H3,(H,12,13). The summed E-state index contributed by atoms with van der Waals surface area (Å²) in [7, 11) is 1.73. The second-order valence-electron chi connectivity index (χ2n) is 4.37. The van der Waals surface area contributed by atoms with Crippen LogP contribution in [0.15, 0.2) is 0 Å². The molecule has 0 radical (unpaired) electrons. The molecule has 4 nitrogen and oxygen atoms in total. The van der Waals surface area contributed by atoms with Crippen LogP contribution in [0, 0.1) is 0 Å². The molecule has 0 aromatic carbocycles. The van der Waals surface area contributed by atoms with Gasteiger partial charge in [-0.05, 0) is 27.3 Å². The van der Waals surface area contributed by atoms with Gasteiger partial charge in [-0.1, -0.05) is 13.3 Å². The molecule has 1 unspecified atom stereocenters. The van der Waals surface area contributed by atoms with Crippen molar-refractivity contribution >= 4 is 5.97 Å². The number of rotatable bonds is 6. The molecular weight excluding hydrogens is 182 g/mol. The highest BCUT2D eigenvalue weighted by Crippen LogP contribution is 2.10. The lowest BCUT2D eigenvalue weighted by molar-refractivity contribution is -0.144. The van der Waals surface area contributed by atoms with Gasteiger partial charge in [-0.15, -0.1) is 0 Å². The molecule has 0 aromatic rings. The summed E-state index contributed by atoms with van der Waals surface area (Å²) < 4.78 is 0. The Kier molecular flexibility index (Phi) is 5.08. The Bertz CT molecular complexity index is 186. The number of carboxylic acid groups (broad SMARTS) is 1. The number of hydrogen-bond acceptors (Lipinski definition) is 3. The fourth-order valence-corrected chi connectivity index (χ4v) is 1.53. The van der Waals surface area contributed by atoms with Gasteiger partial charge in [0.2, 0.25) is 0 Å². The molecule has 0 spiro atoms. The smallest absolute Gasteiger partial charge is 0.320 e. The molecule has 0 saturated heterocycles. The van der Waals surface area contributed by atoms with Crippen molar-refractivity contribution in [2.24, 2.45) is 0 Å². The van der Waals surface area contributed by atoms with E-state index in [9.17, 15) is 9.90 Å². The zero-order valence-corrected chi connectivity index (χ0v) is 9.45. The fraction of sp³-hybridized carbons (Fsp3) is 0.900. The first-order valence-corrected chi connectivity index (χ1v) is 4.93. The monoisotopic (exact) mass is 203 g/mol. The molecule has 4 heteroatoms. The highest BCUT2D eigenvalue weighted by atomic mass is 16.4. The maximum absolute atomic E-state index is 10.9. The van der Waals surface area contributed by atoms with Crippen LogP contribution in [0.5, 0.6) is 0 Å². The fourth-order valence-electron chi connectivity index (χ4n) is 1.53.